The number of hydrogen-bond donors (Lipinski definition) is 2. The maximum Gasteiger partial charge on any atom is 0.341 e. The molecule has 0 aliphatic rings. The highest BCUT2D eigenvalue weighted by molar-refractivity contribution is 6.31. The maximum atomic E-state index is 12.9. The third-order valence-electron chi connectivity index (χ3n) is 4.37. The average molecular weight is 422 g/mol. The van der Waals surface area contributed by atoms with Crippen molar-refractivity contribution in [2.24, 2.45) is 0 Å². The van der Waals surface area contributed by atoms with Gasteiger partial charge in [0.1, 0.15) is 17.2 Å². The Morgan fingerprint density at radius 1 is 0.967 bits per heavy atom. The Morgan fingerprint density at radius 3 is 2.50 bits per heavy atom. The number of hydrogen-bond acceptors (Lipinski definition) is 4. The fourth-order valence-electron chi connectivity index (χ4n) is 3.13. The number of aliphatic carboxylic acids is 1. The second-order valence-corrected chi connectivity index (χ2v) is 6.91. The van der Waals surface area contributed by atoms with Crippen molar-refractivity contribution in [1.82, 2.24) is 4.98 Å². The summed E-state index contributed by atoms with van der Waals surface area (Å²) in [7, 11) is 0. The van der Waals surface area contributed by atoms with Gasteiger partial charge in [0.05, 0.1) is 11.1 Å². The lowest BCUT2D eigenvalue weighted by Gasteiger charge is -2.14. The van der Waals surface area contributed by atoms with E-state index in [-0.39, 0.29) is 11.3 Å². The van der Waals surface area contributed by atoms with Gasteiger partial charge >= 0.3 is 5.97 Å². The molecule has 7 heteroatoms. The van der Waals surface area contributed by atoms with E-state index in [2.05, 4.69) is 4.98 Å². The highest BCUT2D eigenvalue weighted by Crippen LogP contribution is 2.36. The van der Waals surface area contributed by atoms with Crippen LogP contribution in [0, 0.1) is 0 Å². The molecule has 0 bridgehead atoms. The van der Waals surface area contributed by atoms with E-state index < -0.39 is 18.1 Å². The molecule has 0 radical (unpaired) electrons. The molecule has 1 heterocycles. The molecule has 4 aromatic rings. The second kappa shape index (κ2) is 8.31. The SMILES string of the molecule is O=C(O)COc1c(-c2cccc(Oc3ccccc3)c2)c(=O)[nH]c2cc(Cl)ccc12. The van der Waals surface area contributed by atoms with Gasteiger partial charge in [0.15, 0.2) is 6.61 Å². The van der Waals surface area contributed by atoms with Gasteiger partial charge in [0.25, 0.3) is 5.56 Å². The summed E-state index contributed by atoms with van der Waals surface area (Å²) in [4.78, 5) is 26.8. The van der Waals surface area contributed by atoms with Crippen LogP contribution in [0.5, 0.6) is 17.2 Å². The van der Waals surface area contributed by atoms with Gasteiger partial charge < -0.3 is 19.6 Å². The zero-order valence-corrected chi connectivity index (χ0v) is 16.3. The Morgan fingerprint density at radius 2 is 1.73 bits per heavy atom. The topological polar surface area (TPSA) is 88.6 Å². The molecule has 0 aliphatic carbocycles. The van der Waals surface area contributed by atoms with Gasteiger partial charge in [0, 0.05) is 10.4 Å². The monoisotopic (exact) mass is 421 g/mol. The average Bonchev–Trinajstić information content (AvgIpc) is 2.72. The first-order chi connectivity index (χ1) is 14.5. The zero-order chi connectivity index (χ0) is 21.1. The third kappa shape index (κ3) is 4.14. The molecule has 6 nitrogen and oxygen atoms in total. The molecule has 0 unspecified atom stereocenters. The van der Waals surface area contributed by atoms with Crippen LogP contribution in [-0.2, 0) is 4.79 Å². The van der Waals surface area contributed by atoms with Crippen LogP contribution in [0.15, 0.2) is 77.6 Å². The third-order valence-corrected chi connectivity index (χ3v) is 4.61. The second-order valence-electron chi connectivity index (χ2n) is 6.47. The minimum atomic E-state index is -1.15. The smallest absolute Gasteiger partial charge is 0.341 e. The quantitative estimate of drug-likeness (QED) is 0.452. The molecule has 150 valence electrons. The van der Waals surface area contributed by atoms with Crippen LogP contribution in [0.1, 0.15) is 0 Å². The number of aromatic nitrogens is 1. The van der Waals surface area contributed by atoms with Crippen molar-refractivity contribution in [3.63, 3.8) is 0 Å². The van der Waals surface area contributed by atoms with Gasteiger partial charge in [-0.05, 0) is 48.0 Å². The van der Waals surface area contributed by atoms with Crippen LogP contribution in [0.4, 0.5) is 0 Å². The Labute approximate surface area is 176 Å². The molecular formula is C23H16ClNO5. The molecule has 0 atom stereocenters. The number of para-hydroxylation sites is 1. The minimum absolute atomic E-state index is 0.171. The lowest BCUT2D eigenvalue weighted by Crippen LogP contribution is -2.15. The van der Waals surface area contributed by atoms with E-state index in [0.717, 1.165) is 0 Å². The Bertz CT molecular complexity index is 1280. The zero-order valence-electron chi connectivity index (χ0n) is 15.6. The lowest BCUT2D eigenvalue weighted by molar-refractivity contribution is -0.139. The number of benzene rings is 3. The molecule has 0 amide bonds. The van der Waals surface area contributed by atoms with Crippen molar-refractivity contribution in [1.29, 1.82) is 0 Å². The number of fused-ring (bicyclic) bond motifs is 1. The molecule has 3 aromatic carbocycles. The first-order valence-electron chi connectivity index (χ1n) is 9.05. The molecule has 0 aliphatic heterocycles. The summed E-state index contributed by atoms with van der Waals surface area (Å²) in [5.41, 5.74) is 0.766. The number of pyridine rings is 1. The largest absolute Gasteiger partial charge is 0.480 e. The van der Waals surface area contributed by atoms with Crippen LogP contribution in [0.3, 0.4) is 0 Å². The molecule has 30 heavy (non-hydrogen) atoms. The van der Waals surface area contributed by atoms with E-state index in [1.54, 1.807) is 42.5 Å². The highest BCUT2D eigenvalue weighted by Gasteiger charge is 2.18. The summed E-state index contributed by atoms with van der Waals surface area (Å²) in [5, 5.41) is 10.1. The van der Waals surface area contributed by atoms with Crippen molar-refractivity contribution < 1.29 is 19.4 Å². The van der Waals surface area contributed by atoms with E-state index in [1.807, 2.05) is 30.3 Å². The number of halogens is 1. The maximum absolute atomic E-state index is 12.9. The predicted octanol–water partition coefficient (Wildman–Crippen LogP) is 5.10. The van der Waals surface area contributed by atoms with Crippen molar-refractivity contribution in [3.05, 3.63) is 88.2 Å². The summed E-state index contributed by atoms with van der Waals surface area (Å²) in [6.07, 6.45) is 0. The fourth-order valence-corrected chi connectivity index (χ4v) is 3.30. The van der Waals surface area contributed by atoms with Crippen molar-refractivity contribution in [2.75, 3.05) is 6.61 Å². The lowest BCUT2D eigenvalue weighted by atomic mass is 10.0. The number of carbonyl (C=O) groups is 1. The Balaban J connectivity index is 1.85. The first kappa shape index (κ1) is 19.5. The fraction of sp³-hybridized carbons (Fsp3) is 0.0435. The molecule has 0 saturated carbocycles. The summed E-state index contributed by atoms with van der Waals surface area (Å²) >= 11 is 6.03. The summed E-state index contributed by atoms with van der Waals surface area (Å²) < 4.78 is 11.4. The molecule has 2 N–H and O–H groups in total. The molecule has 0 spiro atoms. The van der Waals surface area contributed by atoms with E-state index in [9.17, 15) is 9.59 Å². The van der Waals surface area contributed by atoms with Crippen molar-refractivity contribution >= 4 is 28.5 Å². The summed E-state index contributed by atoms with van der Waals surface area (Å²) in [6.45, 7) is -0.589. The molecule has 0 saturated heterocycles. The molecule has 1 aromatic heterocycles. The van der Waals surface area contributed by atoms with Gasteiger partial charge in [0.2, 0.25) is 0 Å². The number of aromatic amines is 1. The molecule has 4 rings (SSSR count). The van der Waals surface area contributed by atoms with E-state index in [1.165, 1.54) is 0 Å². The van der Waals surface area contributed by atoms with Crippen LogP contribution in [0.25, 0.3) is 22.0 Å². The standard InChI is InChI=1S/C23H16ClNO5/c24-15-9-10-18-19(12-15)25-23(28)21(22(18)29-13-20(26)27)14-5-4-8-17(11-14)30-16-6-2-1-3-7-16/h1-12H,13H2,(H,25,28)(H,26,27). The normalized spacial score (nSPS) is 10.7. The summed E-state index contributed by atoms with van der Waals surface area (Å²) in [6, 6.07) is 21.1. The predicted molar refractivity (Wildman–Crippen MR) is 115 cm³/mol. The number of carboxylic acid groups (broad SMARTS) is 1. The van der Waals surface area contributed by atoms with E-state index >= 15 is 0 Å². The number of ether oxygens (including phenoxy) is 2. The molecular weight excluding hydrogens is 406 g/mol. The van der Waals surface area contributed by atoms with Gasteiger partial charge in [-0.25, -0.2) is 4.79 Å². The van der Waals surface area contributed by atoms with Crippen molar-refractivity contribution in [3.8, 4) is 28.4 Å². The van der Waals surface area contributed by atoms with E-state index in [4.69, 9.17) is 26.2 Å². The van der Waals surface area contributed by atoms with Gasteiger partial charge in [-0.1, -0.05) is 41.9 Å². The summed E-state index contributed by atoms with van der Waals surface area (Å²) in [5.74, 6) is 0.201. The van der Waals surface area contributed by atoms with Gasteiger partial charge in [-0.2, -0.15) is 0 Å². The van der Waals surface area contributed by atoms with Crippen LogP contribution < -0.4 is 15.0 Å². The first-order valence-corrected chi connectivity index (χ1v) is 9.42. The van der Waals surface area contributed by atoms with Crippen LogP contribution >= 0.6 is 11.6 Å². The number of carboxylic acids is 1. The minimum Gasteiger partial charge on any atom is -0.480 e. The van der Waals surface area contributed by atoms with Gasteiger partial charge in [-0.15, -0.1) is 0 Å². The highest BCUT2D eigenvalue weighted by atomic mass is 35.5. The van der Waals surface area contributed by atoms with Crippen molar-refractivity contribution in [2.45, 2.75) is 0 Å². The Hall–Kier alpha value is -3.77. The number of nitrogens with one attached hydrogen (secondary N) is 1. The van der Waals surface area contributed by atoms with E-state index in [0.29, 0.717) is 33.0 Å². The molecule has 0 fully saturated rings. The van der Waals surface area contributed by atoms with Crippen LogP contribution in [0.2, 0.25) is 5.02 Å². The number of H-pyrrole nitrogens is 1. The Kier molecular flexibility index (Phi) is 5.41. The van der Waals surface area contributed by atoms with Gasteiger partial charge in [-0.3, -0.25) is 4.79 Å². The van der Waals surface area contributed by atoms with Crippen LogP contribution in [-0.4, -0.2) is 22.7 Å². The number of rotatable bonds is 6.